The number of hydrogen-bond donors (Lipinski definition) is 0. The van der Waals surface area contributed by atoms with E-state index < -0.39 is 10.0 Å². The maximum absolute atomic E-state index is 13.6. The smallest absolute Gasteiger partial charge is 0.260 e. The number of amides is 1. The van der Waals surface area contributed by atoms with Crippen molar-refractivity contribution in [1.29, 1.82) is 0 Å². The number of benzene rings is 2. The Labute approximate surface area is 217 Å². The summed E-state index contributed by atoms with van der Waals surface area (Å²) in [5.74, 6) is -0.229. The number of carbonyl (C=O) groups is 1. The summed E-state index contributed by atoms with van der Waals surface area (Å²) in [7, 11) is 3.17. The van der Waals surface area contributed by atoms with E-state index in [2.05, 4.69) is 6.07 Å². The molecule has 3 aromatic rings. The number of aromatic nitrogens is 1. The van der Waals surface area contributed by atoms with Crippen molar-refractivity contribution in [3.8, 4) is 0 Å². The zero-order valence-electron chi connectivity index (χ0n) is 21.4. The quantitative estimate of drug-likeness (QED) is 0.333. The van der Waals surface area contributed by atoms with Crippen LogP contribution >= 0.6 is 11.3 Å². The van der Waals surface area contributed by atoms with Crippen LogP contribution in [-0.2, 0) is 19.5 Å². The molecule has 0 saturated carbocycles. The average molecular weight is 535 g/mol. The van der Waals surface area contributed by atoms with Crippen molar-refractivity contribution in [1.82, 2.24) is 14.2 Å². The van der Waals surface area contributed by atoms with Gasteiger partial charge in [0.15, 0.2) is 5.13 Å². The fourth-order valence-corrected chi connectivity index (χ4v) is 6.03. The summed E-state index contributed by atoms with van der Waals surface area (Å²) in [6.07, 6.45) is 0. The summed E-state index contributed by atoms with van der Waals surface area (Å²) in [4.78, 5) is 22.0. The molecule has 2 aromatic carbocycles. The summed E-state index contributed by atoms with van der Waals surface area (Å²) < 4.78 is 38.8. The van der Waals surface area contributed by atoms with E-state index in [1.54, 1.807) is 17.0 Å². The summed E-state index contributed by atoms with van der Waals surface area (Å²) in [5, 5.41) is 0.615. The van der Waals surface area contributed by atoms with E-state index in [0.29, 0.717) is 23.8 Å². The lowest BCUT2D eigenvalue weighted by Crippen LogP contribution is -2.37. The van der Waals surface area contributed by atoms with E-state index in [1.165, 1.54) is 42.0 Å². The van der Waals surface area contributed by atoms with Crippen LogP contribution in [0.5, 0.6) is 0 Å². The minimum absolute atomic E-state index is 0.113. The fourth-order valence-electron chi connectivity index (χ4n) is 3.53. The van der Waals surface area contributed by atoms with Gasteiger partial charge in [-0.05, 0) is 63.0 Å². The standard InChI is InChI=1S/C25H34N4O5S2/c1-19-6-11-22-23(18-19)35-25(26-22)29(13-12-27(2)3)24(30)20-7-9-21(10-8-20)36(31,32)28(14-16-33-4)15-17-34-5/h6-11,18H,12-17H2,1-5H3. The summed E-state index contributed by atoms with van der Waals surface area (Å²) >= 11 is 1.47. The normalized spacial score (nSPS) is 12.1. The molecule has 0 radical (unpaired) electrons. The molecule has 1 aromatic heterocycles. The van der Waals surface area contributed by atoms with Crippen molar-refractivity contribution in [2.45, 2.75) is 11.8 Å². The number of ether oxygens (including phenoxy) is 2. The van der Waals surface area contributed by atoms with Crippen LogP contribution in [0.1, 0.15) is 15.9 Å². The van der Waals surface area contributed by atoms with Gasteiger partial charge in [0.05, 0.1) is 28.3 Å². The first-order valence-electron chi connectivity index (χ1n) is 11.6. The number of hydrogen-bond acceptors (Lipinski definition) is 8. The van der Waals surface area contributed by atoms with Gasteiger partial charge in [0, 0.05) is 46.0 Å². The van der Waals surface area contributed by atoms with Crippen molar-refractivity contribution in [3.63, 3.8) is 0 Å². The highest BCUT2D eigenvalue weighted by atomic mass is 32.2. The Kier molecular flexibility index (Phi) is 9.94. The highest BCUT2D eigenvalue weighted by Crippen LogP contribution is 2.30. The third-order valence-corrected chi connectivity index (χ3v) is 8.56. The molecule has 36 heavy (non-hydrogen) atoms. The summed E-state index contributed by atoms with van der Waals surface area (Å²) in [5.41, 5.74) is 2.37. The number of sulfonamides is 1. The topological polar surface area (TPSA) is 92.3 Å². The number of rotatable bonds is 13. The van der Waals surface area contributed by atoms with Crippen molar-refractivity contribution >= 4 is 42.6 Å². The Morgan fingerprint density at radius 2 is 1.58 bits per heavy atom. The zero-order chi connectivity index (χ0) is 26.3. The zero-order valence-corrected chi connectivity index (χ0v) is 23.1. The molecule has 11 heteroatoms. The lowest BCUT2D eigenvalue weighted by Gasteiger charge is -2.23. The van der Waals surface area contributed by atoms with Crippen molar-refractivity contribution in [2.24, 2.45) is 0 Å². The number of fused-ring (bicyclic) bond motifs is 1. The lowest BCUT2D eigenvalue weighted by molar-refractivity contribution is 0.0985. The molecule has 1 amide bonds. The Morgan fingerprint density at radius 1 is 0.944 bits per heavy atom. The van der Waals surface area contributed by atoms with E-state index in [-0.39, 0.29) is 37.1 Å². The number of nitrogens with zero attached hydrogens (tertiary/aromatic N) is 4. The number of carbonyl (C=O) groups excluding carboxylic acids is 1. The third-order valence-electron chi connectivity index (χ3n) is 5.61. The molecule has 0 unspecified atom stereocenters. The molecule has 0 bridgehead atoms. The van der Waals surface area contributed by atoms with Gasteiger partial charge in [-0.2, -0.15) is 4.31 Å². The van der Waals surface area contributed by atoms with E-state index in [9.17, 15) is 13.2 Å². The van der Waals surface area contributed by atoms with Gasteiger partial charge in [-0.25, -0.2) is 13.4 Å². The molecule has 0 N–H and O–H groups in total. The number of methoxy groups -OCH3 is 2. The van der Waals surface area contributed by atoms with Crippen LogP contribution in [0.2, 0.25) is 0 Å². The van der Waals surface area contributed by atoms with E-state index >= 15 is 0 Å². The second kappa shape index (κ2) is 12.7. The molecule has 196 valence electrons. The molecule has 0 spiro atoms. The van der Waals surface area contributed by atoms with E-state index in [4.69, 9.17) is 14.5 Å². The molecule has 1 heterocycles. The Bertz CT molecular complexity index is 1250. The van der Waals surface area contributed by atoms with Gasteiger partial charge in [-0.1, -0.05) is 17.4 Å². The van der Waals surface area contributed by atoms with Crippen LogP contribution in [0.4, 0.5) is 5.13 Å². The number of aryl methyl sites for hydroxylation is 1. The first-order chi connectivity index (χ1) is 17.2. The molecule has 3 rings (SSSR count). The van der Waals surface area contributed by atoms with Crippen molar-refractivity contribution in [3.05, 3.63) is 53.6 Å². The molecule has 0 aliphatic heterocycles. The van der Waals surface area contributed by atoms with Crippen LogP contribution in [-0.4, -0.2) is 96.2 Å². The van der Waals surface area contributed by atoms with Crippen LogP contribution in [0.15, 0.2) is 47.4 Å². The largest absolute Gasteiger partial charge is 0.383 e. The lowest BCUT2D eigenvalue weighted by atomic mass is 10.2. The van der Waals surface area contributed by atoms with Gasteiger partial charge in [-0.3, -0.25) is 9.69 Å². The number of thiazole rings is 1. The first kappa shape index (κ1) is 28.2. The summed E-state index contributed by atoms with van der Waals surface area (Å²) in [6.45, 7) is 4.07. The second-order valence-corrected chi connectivity index (χ2v) is 11.6. The molecule has 0 saturated heterocycles. The monoisotopic (exact) mass is 534 g/mol. The average Bonchev–Trinajstić information content (AvgIpc) is 3.26. The highest BCUT2D eigenvalue weighted by Gasteiger charge is 2.26. The maximum atomic E-state index is 13.6. The maximum Gasteiger partial charge on any atom is 0.260 e. The fraction of sp³-hybridized carbons (Fsp3) is 0.440. The molecule has 0 aliphatic carbocycles. The number of anilines is 1. The van der Waals surface area contributed by atoms with Gasteiger partial charge < -0.3 is 14.4 Å². The molecular weight excluding hydrogens is 500 g/mol. The first-order valence-corrected chi connectivity index (χ1v) is 13.8. The SMILES string of the molecule is COCCN(CCOC)S(=O)(=O)c1ccc(C(=O)N(CCN(C)C)c2nc3ccc(C)cc3s2)cc1. The predicted molar refractivity (Wildman–Crippen MR) is 144 cm³/mol. The third kappa shape index (κ3) is 6.87. The van der Waals surface area contributed by atoms with Gasteiger partial charge >= 0.3 is 0 Å². The van der Waals surface area contributed by atoms with Gasteiger partial charge in [0.2, 0.25) is 10.0 Å². The molecule has 0 atom stereocenters. The van der Waals surface area contributed by atoms with Gasteiger partial charge in [0.25, 0.3) is 5.91 Å². The van der Waals surface area contributed by atoms with E-state index in [0.717, 1.165) is 15.8 Å². The van der Waals surface area contributed by atoms with Crippen molar-refractivity contribution in [2.75, 3.05) is 72.6 Å². The molecule has 9 nitrogen and oxygen atoms in total. The van der Waals surface area contributed by atoms with Crippen molar-refractivity contribution < 1.29 is 22.7 Å². The Morgan fingerprint density at radius 3 is 2.17 bits per heavy atom. The van der Waals surface area contributed by atoms with E-state index in [1.807, 2.05) is 38.1 Å². The minimum Gasteiger partial charge on any atom is -0.383 e. The van der Waals surface area contributed by atoms with Crippen LogP contribution in [0.25, 0.3) is 10.2 Å². The second-order valence-electron chi connectivity index (χ2n) is 8.64. The van der Waals surface area contributed by atoms with Crippen LogP contribution < -0.4 is 4.90 Å². The molecule has 0 fully saturated rings. The molecular formula is C25H34N4O5S2. The highest BCUT2D eigenvalue weighted by molar-refractivity contribution is 7.89. The number of likely N-dealkylation sites (N-methyl/N-ethyl adjacent to an activating group) is 1. The van der Waals surface area contributed by atoms with Gasteiger partial charge in [0.1, 0.15) is 0 Å². The Balaban J connectivity index is 1.89. The predicted octanol–water partition coefficient (Wildman–Crippen LogP) is 3.10. The summed E-state index contributed by atoms with van der Waals surface area (Å²) in [6, 6.07) is 12.1. The van der Waals surface area contributed by atoms with Crippen LogP contribution in [0.3, 0.4) is 0 Å². The Hall–Kier alpha value is -2.41. The van der Waals surface area contributed by atoms with Gasteiger partial charge in [-0.15, -0.1) is 0 Å². The van der Waals surface area contributed by atoms with Crippen LogP contribution in [0, 0.1) is 6.92 Å². The molecule has 0 aliphatic rings. The minimum atomic E-state index is -3.77.